The molecule has 1 aromatic carbocycles. The van der Waals surface area contributed by atoms with Crippen molar-refractivity contribution in [2.24, 2.45) is 11.3 Å². The summed E-state index contributed by atoms with van der Waals surface area (Å²) in [7, 11) is 0. The first-order valence-corrected chi connectivity index (χ1v) is 7.23. The summed E-state index contributed by atoms with van der Waals surface area (Å²) in [5, 5.41) is 20.1. The number of hydrogen-bond donors (Lipinski definition) is 0. The molecule has 20 heavy (non-hydrogen) atoms. The van der Waals surface area contributed by atoms with Gasteiger partial charge in [0.2, 0.25) is 0 Å². The van der Waals surface area contributed by atoms with Gasteiger partial charge >= 0.3 is 0 Å². The van der Waals surface area contributed by atoms with Crippen LogP contribution < -0.4 is 0 Å². The Balaban J connectivity index is 1.97. The minimum Gasteiger partial charge on any atom is -0.258 e. The summed E-state index contributed by atoms with van der Waals surface area (Å²) in [6, 6.07) is 9.21. The van der Waals surface area contributed by atoms with Crippen molar-refractivity contribution in [1.82, 2.24) is 0 Å². The zero-order valence-electron chi connectivity index (χ0n) is 11.8. The van der Waals surface area contributed by atoms with E-state index in [0.717, 1.165) is 44.1 Å². The largest absolute Gasteiger partial charge is 0.269 e. The van der Waals surface area contributed by atoms with Gasteiger partial charge in [-0.15, -0.1) is 0 Å². The molecule has 2 rings (SSSR count). The van der Waals surface area contributed by atoms with E-state index < -0.39 is 0 Å². The highest BCUT2D eigenvalue weighted by atomic mass is 16.6. The molecule has 2 unspecified atom stereocenters. The molecule has 2 atom stereocenters. The minimum absolute atomic E-state index is 0.121. The van der Waals surface area contributed by atoms with Gasteiger partial charge in [0.25, 0.3) is 5.69 Å². The molecular weight excluding hydrogens is 252 g/mol. The SMILES string of the molecule is CCC1CCC(C#N)(CCc2ccc([N+](=O)[O-])cc2)C1. The third-order valence-electron chi connectivity index (χ3n) is 4.56. The second-order valence-electron chi connectivity index (χ2n) is 5.83. The zero-order chi connectivity index (χ0) is 14.6. The number of aryl methyl sites for hydroxylation is 1. The molecule has 0 saturated heterocycles. The molecule has 4 nitrogen and oxygen atoms in total. The lowest BCUT2D eigenvalue weighted by atomic mass is 9.81. The number of hydrogen-bond acceptors (Lipinski definition) is 3. The Kier molecular flexibility index (Phi) is 4.39. The van der Waals surface area contributed by atoms with Crippen LogP contribution in [0.25, 0.3) is 0 Å². The van der Waals surface area contributed by atoms with Crippen molar-refractivity contribution < 1.29 is 4.92 Å². The van der Waals surface area contributed by atoms with Crippen LogP contribution in [-0.2, 0) is 6.42 Å². The Morgan fingerprint density at radius 3 is 2.65 bits per heavy atom. The number of nitrogens with zero attached hydrogens (tertiary/aromatic N) is 2. The van der Waals surface area contributed by atoms with Gasteiger partial charge in [-0.3, -0.25) is 10.1 Å². The van der Waals surface area contributed by atoms with Crippen molar-refractivity contribution in [3.05, 3.63) is 39.9 Å². The first-order valence-electron chi connectivity index (χ1n) is 7.23. The second-order valence-corrected chi connectivity index (χ2v) is 5.83. The van der Waals surface area contributed by atoms with Gasteiger partial charge in [-0.25, -0.2) is 0 Å². The predicted octanol–water partition coefficient (Wildman–Crippen LogP) is 4.25. The molecule has 0 aliphatic heterocycles. The van der Waals surface area contributed by atoms with Crippen molar-refractivity contribution in [1.29, 1.82) is 5.26 Å². The molecule has 1 aliphatic rings. The molecular formula is C16H20N2O2. The zero-order valence-corrected chi connectivity index (χ0v) is 11.8. The van der Waals surface area contributed by atoms with Crippen LogP contribution in [0.4, 0.5) is 5.69 Å². The van der Waals surface area contributed by atoms with Crippen LogP contribution in [0.15, 0.2) is 24.3 Å². The van der Waals surface area contributed by atoms with Crippen LogP contribution >= 0.6 is 0 Å². The number of rotatable bonds is 5. The Labute approximate surface area is 119 Å². The van der Waals surface area contributed by atoms with Crippen molar-refractivity contribution in [2.45, 2.75) is 45.4 Å². The highest BCUT2D eigenvalue weighted by molar-refractivity contribution is 5.33. The Hall–Kier alpha value is -1.89. The highest BCUT2D eigenvalue weighted by Crippen LogP contribution is 2.45. The summed E-state index contributed by atoms with van der Waals surface area (Å²) in [6.45, 7) is 2.19. The van der Waals surface area contributed by atoms with Crippen LogP contribution in [0.5, 0.6) is 0 Å². The molecule has 0 radical (unpaired) electrons. The second kappa shape index (κ2) is 6.04. The third-order valence-corrected chi connectivity index (χ3v) is 4.56. The standard InChI is InChI=1S/C16H20N2O2/c1-2-13-7-9-16(11-13,12-17)10-8-14-3-5-15(6-4-14)18(19)20/h3-6,13H,2,7-11H2,1H3. The number of nitriles is 1. The molecule has 0 bridgehead atoms. The minimum atomic E-state index is -0.386. The summed E-state index contributed by atoms with van der Waals surface area (Å²) in [5.41, 5.74) is 1.02. The van der Waals surface area contributed by atoms with Crippen LogP contribution in [0, 0.1) is 32.8 Å². The van der Waals surface area contributed by atoms with E-state index in [1.54, 1.807) is 12.1 Å². The third kappa shape index (κ3) is 3.16. The van der Waals surface area contributed by atoms with Crippen LogP contribution in [0.1, 0.15) is 44.6 Å². The first-order chi connectivity index (χ1) is 9.58. The Morgan fingerprint density at radius 1 is 1.45 bits per heavy atom. The molecule has 0 spiro atoms. The van der Waals surface area contributed by atoms with Crippen LogP contribution in [-0.4, -0.2) is 4.92 Å². The number of benzene rings is 1. The van der Waals surface area contributed by atoms with Crippen LogP contribution in [0.3, 0.4) is 0 Å². The maximum atomic E-state index is 10.6. The molecule has 0 amide bonds. The van der Waals surface area contributed by atoms with E-state index in [-0.39, 0.29) is 16.0 Å². The summed E-state index contributed by atoms with van der Waals surface area (Å²) in [6.07, 6.45) is 5.99. The molecule has 0 N–H and O–H groups in total. The van der Waals surface area contributed by atoms with Gasteiger partial charge in [-0.05, 0) is 43.6 Å². The van der Waals surface area contributed by atoms with Crippen molar-refractivity contribution in [3.63, 3.8) is 0 Å². The molecule has 4 heteroatoms. The fraction of sp³-hybridized carbons (Fsp3) is 0.562. The lowest BCUT2D eigenvalue weighted by molar-refractivity contribution is -0.384. The fourth-order valence-corrected chi connectivity index (χ4v) is 3.14. The fourth-order valence-electron chi connectivity index (χ4n) is 3.14. The lowest BCUT2D eigenvalue weighted by Crippen LogP contribution is -2.15. The van der Waals surface area contributed by atoms with Crippen LogP contribution in [0.2, 0.25) is 0 Å². The number of nitro groups is 1. The lowest BCUT2D eigenvalue weighted by Gasteiger charge is -2.20. The molecule has 1 aromatic rings. The maximum Gasteiger partial charge on any atom is 0.269 e. The summed E-state index contributed by atoms with van der Waals surface area (Å²) >= 11 is 0. The van der Waals surface area contributed by atoms with E-state index in [4.69, 9.17) is 0 Å². The highest BCUT2D eigenvalue weighted by Gasteiger charge is 2.38. The first kappa shape index (κ1) is 14.5. The van der Waals surface area contributed by atoms with Crippen molar-refractivity contribution in [2.75, 3.05) is 0 Å². The average Bonchev–Trinajstić information content (AvgIpc) is 2.90. The van der Waals surface area contributed by atoms with Gasteiger partial charge in [-0.1, -0.05) is 25.5 Å². The van der Waals surface area contributed by atoms with E-state index in [2.05, 4.69) is 13.0 Å². The molecule has 0 heterocycles. The average molecular weight is 272 g/mol. The van der Waals surface area contributed by atoms with Gasteiger partial charge in [0.05, 0.1) is 16.4 Å². The molecule has 106 valence electrons. The monoisotopic (exact) mass is 272 g/mol. The van der Waals surface area contributed by atoms with Gasteiger partial charge in [0.15, 0.2) is 0 Å². The predicted molar refractivity (Wildman–Crippen MR) is 77.1 cm³/mol. The topological polar surface area (TPSA) is 66.9 Å². The summed E-state index contributed by atoms with van der Waals surface area (Å²) in [4.78, 5) is 10.2. The van der Waals surface area contributed by atoms with Gasteiger partial charge in [0.1, 0.15) is 0 Å². The van der Waals surface area contributed by atoms with E-state index in [1.165, 1.54) is 12.1 Å². The number of non-ortho nitro benzene ring substituents is 1. The summed E-state index contributed by atoms with van der Waals surface area (Å²) < 4.78 is 0. The quantitative estimate of drug-likeness (QED) is 0.594. The normalized spacial score (nSPS) is 25.3. The van der Waals surface area contributed by atoms with Crippen molar-refractivity contribution >= 4 is 5.69 Å². The van der Waals surface area contributed by atoms with Gasteiger partial charge < -0.3 is 0 Å². The Morgan fingerprint density at radius 2 is 2.15 bits per heavy atom. The molecule has 0 aromatic heterocycles. The van der Waals surface area contributed by atoms with E-state index in [9.17, 15) is 15.4 Å². The van der Waals surface area contributed by atoms with Crippen molar-refractivity contribution in [3.8, 4) is 6.07 Å². The van der Waals surface area contributed by atoms with E-state index >= 15 is 0 Å². The Bertz CT molecular complexity index is 518. The molecule has 1 aliphatic carbocycles. The van der Waals surface area contributed by atoms with E-state index in [0.29, 0.717) is 5.92 Å². The van der Waals surface area contributed by atoms with E-state index in [1.807, 2.05) is 0 Å². The molecule has 1 fully saturated rings. The summed E-state index contributed by atoms with van der Waals surface area (Å²) in [5.74, 6) is 0.687. The smallest absolute Gasteiger partial charge is 0.258 e. The van der Waals surface area contributed by atoms with Gasteiger partial charge in [-0.2, -0.15) is 5.26 Å². The van der Waals surface area contributed by atoms with Gasteiger partial charge in [0, 0.05) is 12.1 Å². The molecule has 1 saturated carbocycles. The maximum absolute atomic E-state index is 10.6. The number of nitro benzene ring substituents is 1.